The van der Waals surface area contributed by atoms with Crippen molar-refractivity contribution in [2.75, 3.05) is 13.1 Å². The summed E-state index contributed by atoms with van der Waals surface area (Å²) in [5, 5.41) is 11.5. The van der Waals surface area contributed by atoms with Crippen LogP contribution in [0.25, 0.3) is 0 Å². The first kappa shape index (κ1) is 11.4. The number of amides is 1. The summed E-state index contributed by atoms with van der Waals surface area (Å²) in [6.45, 7) is 2.71. The number of rotatable bonds is 6. The fraction of sp³-hybridized carbons (Fsp3) is 0.875. The highest BCUT2D eigenvalue weighted by atomic mass is 16.3. The van der Waals surface area contributed by atoms with Gasteiger partial charge in [0.25, 0.3) is 0 Å². The highest BCUT2D eigenvalue weighted by Gasteiger charge is 2.10. The Kier molecular flexibility index (Phi) is 6.70. The standard InChI is InChI=1S/C8H18N2O2/c1-2-3-4-5-10-8(12)7(11)6-9/h7,11H,2-6,9H2,1H3,(H,10,12). The van der Waals surface area contributed by atoms with Crippen molar-refractivity contribution in [1.82, 2.24) is 5.32 Å². The maximum atomic E-state index is 10.9. The van der Waals surface area contributed by atoms with Crippen molar-refractivity contribution in [2.45, 2.75) is 32.3 Å². The second-order valence-corrected chi connectivity index (χ2v) is 2.75. The van der Waals surface area contributed by atoms with E-state index < -0.39 is 6.10 Å². The van der Waals surface area contributed by atoms with Crippen LogP contribution >= 0.6 is 0 Å². The molecule has 0 saturated heterocycles. The molecule has 0 aromatic carbocycles. The van der Waals surface area contributed by atoms with Crippen LogP contribution in [0.1, 0.15) is 26.2 Å². The number of aliphatic hydroxyl groups excluding tert-OH is 1. The molecule has 0 aliphatic rings. The minimum absolute atomic E-state index is 0.0143. The van der Waals surface area contributed by atoms with Gasteiger partial charge in [-0.15, -0.1) is 0 Å². The summed E-state index contributed by atoms with van der Waals surface area (Å²) >= 11 is 0. The molecule has 1 atom stereocenters. The Labute approximate surface area is 73.1 Å². The third-order valence-electron chi connectivity index (χ3n) is 1.61. The van der Waals surface area contributed by atoms with Gasteiger partial charge in [0.2, 0.25) is 5.91 Å². The van der Waals surface area contributed by atoms with E-state index in [0.29, 0.717) is 6.54 Å². The first-order chi connectivity index (χ1) is 5.72. The van der Waals surface area contributed by atoms with E-state index in [9.17, 15) is 4.79 Å². The normalized spacial score (nSPS) is 12.6. The van der Waals surface area contributed by atoms with Gasteiger partial charge in [0.1, 0.15) is 6.10 Å². The SMILES string of the molecule is CCCCCNC(=O)C(O)CN. The Morgan fingerprint density at radius 1 is 1.58 bits per heavy atom. The molecule has 0 saturated carbocycles. The van der Waals surface area contributed by atoms with E-state index in [1.54, 1.807) is 0 Å². The number of hydrogen-bond acceptors (Lipinski definition) is 3. The molecule has 0 rings (SSSR count). The summed E-state index contributed by atoms with van der Waals surface area (Å²) in [5.41, 5.74) is 5.09. The average molecular weight is 174 g/mol. The van der Waals surface area contributed by atoms with Gasteiger partial charge in [-0.25, -0.2) is 0 Å². The van der Waals surface area contributed by atoms with Gasteiger partial charge in [-0.1, -0.05) is 19.8 Å². The summed E-state index contributed by atoms with van der Waals surface area (Å²) in [5.74, 6) is -0.367. The molecule has 1 amide bonds. The zero-order valence-corrected chi connectivity index (χ0v) is 7.55. The van der Waals surface area contributed by atoms with E-state index >= 15 is 0 Å². The molecule has 0 spiro atoms. The van der Waals surface area contributed by atoms with E-state index in [4.69, 9.17) is 10.8 Å². The average Bonchev–Trinajstić information content (AvgIpc) is 2.10. The molecule has 0 aliphatic heterocycles. The topological polar surface area (TPSA) is 75.3 Å². The zero-order valence-electron chi connectivity index (χ0n) is 7.55. The van der Waals surface area contributed by atoms with Crippen LogP contribution in [0, 0.1) is 0 Å². The minimum Gasteiger partial charge on any atom is -0.382 e. The molecule has 4 nitrogen and oxygen atoms in total. The molecule has 0 heterocycles. The first-order valence-electron chi connectivity index (χ1n) is 4.38. The number of unbranched alkanes of at least 4 members (excludes halogenated alkanes) is 2. The summed E-state index contributed by atoms with van der Waals surface area (Å²) < 4.78 is 0. The van der Waals surface area contributed by atoms with Gasteiger partial charge >= 0.3 is 0 Å². The van der Waals surface area contributed by atoms with Crippen LogP contribution in [0.3, 0.4) is 0 Å². The molecular formula is C8H18N2O2. The fourth-order valence-corrected chi connectivity index (χ4v) is 0.811. The van der Waals surface area contributed by atoms with Crippen LogP contribution in [0.2, 0.25) is 0 Å². The molecule has 72 valence electrons. The molecule has 0 radical (unpaired) electrons. The van der Waals surface area contributed by atoms with Crippen molar-refractivity contribution in [3.8, 4) is 0 Å². The van der Waals surface area contributed by atoms with Crippen molar-refractivity contribution in [3.05, 3.63) is 0 Å². The lowest BCUT2D eigenvalue weighted by atomic mass is 10.2. The van der Waals surface area contributed by atoms with Gasteiger partial charge < -0.3 is 16.2 Å². The van der Waals surface area contributed by atoms with Crippen molar-refractivity contribution in [1.29, 1.82) is 0 Å². The molecule has 0 bridgehead atoms. The second-order valence-electron chi connectivity index (χ2n) is 2.75. The molecule has 0 fully saturated rings. The Morgan fingerprint density at radius 3 is 2.75 bits per heavy atom. The zero-order chi connectivity index (χ0) is 9.40. The summed E-state index contributed by atoms with van der Waals surface area (Å²) in [4.78, 5) is 10.9. The van der Waals surface area contributed by atoms with Crippen LogP contribution in [0.15, 0.2) is 0 Å². The summed E-state index contributed by atoms with van der Waals surface area (Å²) in [6.07, 6.45) is 2.13. The first-order valence-corrected chi connectivity index (χ1v) is 4.38. The Hall–Kier alpha value is -0.610. The fourth-order valence-electron chi connectivity index (χ4n) is 0.811. The Morgan fingerprint density at radius 2 is 2.25 bits per heavy atom. The van der Waals surface area contributed by atoms with E-state index in [0.717, 1.165) is 19.3 Å². The lowest BCUT2D eigenvalue weighted by molar-refractivity contribution is -0.128. The molecule has 0 aromatic heterocycles. The number of carbonyl (C=O) groups excluding carboxylic acids is 1. The molecular weight excluding hydrogens is 156 g/mol. The number of nitrogens with one attached hydrogen (secondary N) is 1. The number of hydrogen-bond donors (Lipinski definition) is 3. The second kappa shape index (κ2) is 7.06. The van der Waals surface area contributed by atoms with Crippen molar-refractivity contribution in [2.24, 2.45) is 5.73 Å². The monoisotopic (exact) mass is 174 g/mol. The van der Waals surface area contributed by atoms with Crippen LogP contribution in [-0.2, 0) is 4.79 Å². The quantitative estimate of drug-likeness (QED) is 0.480. The van der Waals surface area contributed by atoms with Gasteiger partial charge in [0.05, 0.1) is 0 Å². The molecule has 1 unspecified atom stereocenters. The minimum atomic E-state index is -1.05. The molecule has 12 heavy (non-hydrogen) atoms. The summed E-state index contributed by atoms with van der Waals surface area (Å²) in [7, 11) is 0. The van der Waals surface area contributed by atoms with Crippen molar-refractivity contribution < 1.29 is 9.90 Å². The number of nitrogens with two attached hydrogens (primary N) is 1. The lowest BCUT2D eigenvalue weighted by Gasteiger charge is -2.08. The van der Waals surface area contributed by atoms with Gasteiger partial charge in [-0.3, -0.25) is 4.79 Å². The maximum Gasteiger partial charge on any atom is 0.250 e. The van der Waals surface area contributed by atoms with Crippen LogP contribution in [0.4, 0.5) is 0 Å². The van der Waals surface area contributed by atoms with Crippen LogP contribution in [0.5, 0.6) is 0 Å². The summed E-state index contributed by atoms with van der Waals surface area (Å²) in [6, 6.07) is 0. The van der Waals surface area contributed by atoms with Crippen LogP contribution in [-0.4, -0.2) is 30.2 Å². The Bertz CT molecular complexity index is 128. The highest BCUT2D eigenvalue weighted by molar-refractivity contribution is 5.80. The highest BCUT2D eigenvalue weighted by Crippen LogP contribution is 1.91. The van der Waals surface area contributed by atoms with Crippen molar-refractivity contribution >= 4 is 5.91 Å². The van der Waals surface area contributed by atoms with E-state index in [1.165, 1.54) is 0 Å². The lowest BCUT2D eigenvalue weighted by Crippen LogP contribution is -2.39. The van der Waals surface area contributed by atoms with E-state index in [-0.39, 0.29) is 12.5 Å². The third-order valence-corrected chi connectivity index (χ3v) is 1.61. The van der Waals surface area contributed by atoms with Gasteiger partial charge in [0.15, 0.2) is 0 Å². The molecule has 0 aromatic rings. The number of aliphatic hydroxyl groups is 1. The van der Waals surface area contributed by atoms with Crippen LogP contribution < -0.4 is 11.1 Å². The van der Waals surface area contributed by atoms with E-state index in [2.05, 4.69) is 12.2 Å². The molecule has 4 heteroatoms. The molecule has 4 N–H and O–H groups in total. The van der Waals surface area contributed by atoms with Gasteiger partial charge in [0, 0.05) is 13.1 Å². The van der Waals surface area contributed by atoms with E-state index in [1.807, 2.05) is 0 Å². The van der Waals surface area contributed by atoms with Gasteiger partial charge in [-0.05, 0) is 6.42 Å². The maximum absolute atomic E-state index is 10.9. The predicted octanol–water partition coefficient (Wildman–Crippen LogP) is -0.388. The molecule has 0 aliphatic carbocycles. The Balaban J connectivity index is 3.31. The number of carbonyl (C=O) groups is 1. The van der Waals surface area contributed by atoms with Crippen molar-refractivity contribution in [3.63, 3.8) is 0 Å². The smallest absolute Gasteiger partial charge is 0.250 e. The largest absolute Gasteiger partial charge is 0.382 e. The van der Waals surface area contributed by atoms with Gasteiger partial charge in [-0.2, -0.15) is 0 Å². The predicted molar refractivity (Wildman–Crippen MR) is 47.6 cm³/mol. The third kappa shape index (κ3) is 5.09.